The fraction of sp³-hybridized carbons (Fsp3) is 0.600. The quantitative estimate of drug-likeness (QED) is 0.852. The number of methoxy groups -OCH3 is 1. The summed E-state index contributed by atoms with van der Waals surface area (Å²) in [6.45, 7) is 2.79. The highest BCUT2D eigenvalue weighted by Gasteiger charge is 2.39. The lowest BCUT2D eigenvalue weighted by Crippen LogP contribution is -2.42. The number of hydrogen-bond donors (Lipinski definition) is 1. The molecule has 19 heavy (non-hydrogen) atoms. The number of benzene rings is 1. The molecule has 0 aliphatic heterocycles. The van der Waals surface area contributed by atoms with Gasteiger partial charge in [0.05, 0.1) is 5.60 Å². The fourth-order valence-corrected chi connectivity index (χ4v) is 2.72. The maximum atomic E-state index is 13.4. The summed E-state index contributed by atoms with van der Waals surface area (Å²) in [4.78, 5) is 0. The Kier molecular flexibility index (Phi) is 4.53. The molecule has 0 saturated heterocycles. The van der Waals surface area contributed by atoms with Gasteiger partial charge in [0.1, 0.15) is 0 Å². The Balaban J connectivity index is 2.16. The summed E-state index contributed by atoms with van der Waals surface area (Å²) in [6.07, 6.45) is 4.04. The van der Waals surface area contributed by atoms with Crippen molar-refractivity contribution < 1.29 is 13.5 Å². The molecule has 1 fully saturated rings. The van der Waals surface area contributed by atoms with Crippen molar-refractivity contribution in [2.45, 2.75) is 44.2 Å². The molecule has 2 nitrogen and oxygen atoms in total. The zero-order chi connectivity index (χ0) is 13.9. The molecule has 0 heterocycles. The molecule has 2 rings (SSSR count). The van der Waals surface area contributed by atoms with E-state index in [4.69, 9.17) is 4.74 Å². The highest BCUT2D eigenvalue weighted by Crippen LogP contribution is 2.41. The van der Waals surface area contributed by atoms with Gasteiger partial charge in [0.25, 0.3) is 0 Å². The Morgan fingerprint density at radius 3 is 2.53 bits per heavy atom. The van der Waals surface area contributed by atoms with E-state index in [1.807, 2.05) is 6.92 Å². The molecule has 1 aliphatic rings. The van der Waals surface area contributed by atoms with Crippen LogP contribution in [0.5, 0.6) is 0 Å². The molecule has 106 valence electrons. The van der Waals surface area contributed by atoms with Crippen molar-refractivity contribution in [2.24, 2.45) is 0 Å². The van der Waals surface area contributed by atoms with Crippen LogP contribution in [0.1, 0.15) is 44.2 Å². The summed E-state index contributed by atoms with van der Waals surface area (Å²) in [5.41, 5.74) is 0.682. The Bertz CT molecular complexity index is 427. The third-order valence-corrected chi connectivity index (χ3v) is 4.07. The first kappa shape index (κ1) is 14.4. The SMILES string of the molecule is CCNC(CC1(OC)CCC1)c1ccc(F)c(F)c1. The van der Waals surface area contributed by atoms with Gasteiger partial charge in [-0.25, -0.2) is 8.78 Å². The predicted octanol–water partition coefficient (Wildman–Crippen LogP) is 3.57. The molecule has 0 amide bonds. The molecule has 1 saturated carbocycles. The van der Waals surface area contributed by atoms with Gasteiger partial charge in [0.15, 0.2) is 11.6 Å². The van der Waals surface area contributed by atoms with E-state index >= 15 is 0 Å². The number of rotatable bonds is 6. The van der Waals surface area contributed by atoms with Gasteiger partial charge in [0, 0.05) is 13.2 Å². The summed E-state index contributed by atoms with van der Waals surface area (Å²) in [6, 6.07) is 4.12. The van der Waals surface area contributed by atoms with Crippen molar-refractivity contribution >= 4 is 0 Å². The van der Waals surface area contributed by atoms with Crippen molar-refractivity contribution in [3.8, 4) is 0 Å². The normalized spacial score (nSPS) is 18.9. The summed E-state index contributed by atoms with van der Waals surface area (Å²) < 4.78 is 32.0. The number of ether oxygens (including phenoxy) is 1. The highest BCUT2D eigenvalue weighted by molar-refractivity contribution is 5.22. The van der Waals surface area contributed by atoms with Gasteiger partial charge in [0.2, 0.25) is 0 Å². The largest absolute Gasteiger partial charge is 0.378 e. The lowest BCUT2D eigenvalue weighted by Gasteiger charge is -2.43. The van der Waals surface area contributed by atoms with Gasteiger partial charge in [-0.15, -0.1) is 0 Å². The van der Waals surface area contributed by atoms with Gasteiger partial charge in [-0.1, -0.05) is 13.0 Å². The first-order valence-electron chi connectivity index (χ1n) is 6.84. The Hall–Kier alpha value is -1.00. The van der Waals surface area contributed by atoms with Crippen molar-refractivity contribution in [3.63, 3.8) is 0 Å². The van der Waals surface area contributed by atoms with Crippen LogP contribution in [0.4, 0.5) is 8.78 Å². The number of hydrogen-bond acceptors (Lipinski definition) is 2. The standard InChI is InChI=1S/C15H21F2NO/c1-3-18-14(10-15(19-2)7-4-8-15)11-5-6-12(16)13(17)9-11/h5-6,9,14,18H,3-4,7-8,10H2,1-2H3. The van der Waals surface area contributed by atoms with Gasteiger partial charge in [-0.2, -0.15) is 0 Å². The molecule has 1 atom stereocenters. The second-order valence-electron chi connectivity index (χ2n) is 5.23. The van der Waals surface area contributed by atoms with Crippen LogP contribution in [-0.2, 0) is 4.74 Å². The second kappa shape index (κ2) is 5.97. The van der Waals surface area contributed by atoms with E-state index in [1.54, 1.807) is 13.2 Å². The lowest BCUT2D eigenvalue weighted by molar-refractivity contribution is -0.0837. The molecule has 0 aromatic heterocycles. The van der Waals surface area contributed by atoms with Crippen molar-refractivity contribution in [1.82, 2.24) is 5.32 Å². The second-order valence-corrected chi connectivity index (χ2v) is 5.23. The molecule has 1 aromatic rings. The van der Waals surface area contributed by atoms with Crippen LogP contribution in [0.25, 0.3) is 0 Å². The zero-order valence-electron chi connectivity index (χ0n) is 11.5. The van der Waals surface area contributed by atoms with Crippen LogP contribution in [-0.4, -0.2) is 19.3 Å². The average molecular weight is 269 g/mol. The smallest absolute Gasteiger partial charge is 0.159 e. The molecule has 0 radical (unpaired) electrons. The minimum atomic E-state index is -0.802. The van der Waals surface area contributed by atoms with E-state index in [-0.39, 0.29) is 11.6 Å². The van der Waals surface area contributed by atoms with E-state index < -0.39 is 11.6 Å². The summed E-state index contributed by atoms with van der Waals surface area (Å²) >= 11 is 0. The zero-order valence-corrected chi connectivity index (χ0v) is 11.5. The number of nitrogens with one attached hydrogen (secondary N) is 1. The Morgan fingerprint density at radius 1 is 1.32 bits per heavy atom. The van der Waals surface area contributed by atoms with Crippen LogP contribution in [0, 0.1) is 11.6 Å². The van der Waals surface area contributed by atoms with Gasteiger partial charge in [-0.05, 0) is 49.9 Å². The van der Waals surface area contributed by atoms with Crippen LogP contribution in [0.3, 0.4) is 0 Å². The third kappa shape index (κ3) is 3.12. The third-order valence-electron chi connectivity index (χ3n) is 4.07. The van der Waals surface area contributed by atoms with Gasteiger partial charge >= 0.3 is 0 Å². The van der Waals surface area contributed by atoms with Gasteiger partial charge in [-0.3, -0.25) is 0 Å². The monoisotopic (exact) mass is 269 g/mol. The van der Waals surface area contributed by atoms with Crippen molar-refractivity contribution in [3.05, 3.63) is 35.4 Å². The molecule has 0 spiro atoms. The van der Waals surface area contributed by atoms with E-state index in [1.165, 1.54) is 18.6 Å². The van der Waals surface area contributed by atoms with Crippen molar-refractivity contribution in [1.29, 1.82) is 0 Å². The first-order chi connectivity index (χ1) is 9.10. The minimum absolute atomic E-state index is 0.000324. The topological polar surface area (TPSA) is 21.3 Å². The molecule has 1 N–H and O–H groups in total. The molecule has 1 aliphatic carbocycles. The van der Waals surface area contributed by atoms with Gasteiger partial charge < -0.3 is 10.1 Å². The molecule has 1 unspecified atom stereocenters. The molecular weight excluding hydrogens is 248 g/mol. The van der Waals surface area contributed by atoms with Crippen molar-refractivity contribution in [2.75, 3.05) is 13.7 Å². The predicted molar refractivity (Wildman–Crippen MR) is 71.0 cm³/mol. The van der Waals surface area contributed by atoms with E-state index in [9.17, 15) is 8.78 Å². The van der Waals surface area contributed by atoms with Crippen LogP contribution < -0.4 is 5.32 Å². The van der Waals surface area contributed by atoms with E-state index in [2.05, 4.69) is 5.32 Å². The summed E-state index contributed by atoms with van der Waals surface area (Å²) in [7, 11) is 1.73. The molecular formula is C15H21F2NO. The number of halogens is 2. The Morgan fingerprint density at radius 2 is 2.05 bits per heavy atom. The van der Waals surface area contributed by atoms with Crippen LogP contribution in [0.15, 0.2) is 18.2 Å². The maximum absolute atomic E-state index is 13.4. The molecule has 0 bridgehead atoms. The van der Waals surface area contributed by atoms with E-state index in [0.717, 1.165) is 31.4 Å². The lowest BCUT2D eigenvalue weighted by atomic mass is 9.74. The minimum Gasteiger partial charge on any atom is -0.378 e. The van der Waals surface area contributed by atoms with Crippen LogP contribution in [0.2, 0.25) is 0 Å². The highest BCUT2D eigenvalue weighted by atomic mass is 19.2. The summed E-state index contributed by atoms with van der Waals surface area (Å²) in [5.74, 6) is -1.59. The molecule has 1 aromatic carbocycles. The Labute approximate surface area is 113 Å². The average Bonchev–Trinajstić information content (AvgIpc) is 2.36. The fourth-order valence-electron chi connectivity index (χ4n) is 2.72. The summed E-state index contributed by atoms with van der Waals surface area (Å²) in [5, 5.41) is 3.33. The van der Waals surface area contributed by atoms with Crippen LogP contribution >= 0.6 is 0 Å². The van der Waals surface area contributed by atoms with E-state index in [0.29, 0.717) is 0 Å². The maximum Gasteiger partial charge on any atom is 0.159 e. The molecule has 4 heteroatoms. The first-order valence-corrected chi connectivity index (χ1v) is 6.84.